The third kappa shape index (κ3) is 2.15. The highest BCUT2D eigenvalue weighted by atomic mass is 16.3. The van der Waals surface area contributed by atoms with E-state index < -0.39 is 5.60 Å². The highest BCUT2D eigenvalue weighted by Gasteiger charge is 2.29. The van der Waals surface area contributed by atoms with Gasteiger partial charge in [-0.15, -0.1) is 0 Å². The average Bonchev–Trinajstić information content (AvgIpc) is 2.15. The van der Waals surface area contributed by atoms with Gasteiger partial charge in [0.15, 0.2) is 0 Å². The van der Waals surface area contributed by atoms with Crippen molar-refractivity contribution >= 4 is 0 Å². The summed E-state index contributed by atoms with van der Waals surface area (Å²) >= 11 is 0. The summed E-state index contributed by atoms with van der Waals surface area (Å²) in [4.78, 5) is 0. The van der Waals surface area contributed by atoms with Crippen molar-refractivity contribution in [1.82, 2.24) is 0 Å². The summed E-state index contributed by atoms with van der Waals surface area (Å²) in [6, 6.07) is 8.44. The molecule has 1 unspecified atom stereocenters. The quantitative estimate of drug-likeness (QED) is 0.811. The van der Waals surface area contributed by atoms with Gasteiger partial charge in [0.1, 0.15) is 0 Å². The third-order valence-electron chi connectivity index (χ3n) is 3.82. The van der Waals surface area contributed by atoms with Gasteiger partial charge in [-0.3, -0.25) is 0 Å². The molecule has 1 aliphatic rings. The molecule has 1 aromatic carbocycles. The molecule has 1 saturated carbocycles. The summed E-state index contributed by atoms with van der Waals surface area (Å²) in [6.07, 6.45) is 5.79. The van der Waals surface area contributed by atoms with Crippen LogP contribution in [0.1, 0.15) is 63.0 Å². The van der Waals surface area contributed by atoms with Crippen molar-refractivity contribution in [3.05, 3.63) is 35.4 Å². The Kier molecular flexibility index (Phi) is 3.34. The van der Waals surface area contributed by atoms with Crippen molar-refractivity contribution in [3.8, 4) is 0 Å². The normalized spacial score (nSPS) is 20.2. The van der Waals surface area contributed by atoms with Gasteiger partial charge in [-0.05, 0) is 43.2 Å². The predicted molar refractivity (Wildman–Crippen MR) is 67.5 cm³/mol. The second-order valence-corrected chi connectivity index (χ2v) is 5.24. The van der Waals surface area contributed by atoms with Crippen LogP contribution in [-0.2, 0) is 5.60 Å². The van der Waals surface area contributed by atoms with Crippen LogP contribution in [0.4, 0.5) is 0 Å². The van der Waals surface area contributed by atoms with Gasteiger partial charge in [0.05, 0.1) is 5.60 Å². The van der Waals surface area contributed by atoms with E-state index in [2.05, 4.69) is 25.1 Å². The van der Waals surface area contributed by atoms with E-state index in [1.54, 1.807) is 0 Å². The van der Waals surface area contributed by atoms with E-state index in [0.29, 0.717) is 5.92 Å². The molecule has 1 aliphatic carbocycles. The van der Waals surface area contributed by atoms with E-state index in [1.165, 1.54) is 24.8 Å². The number of rotatable bonds is 4. The van der Waals surface area contributed by atoms with Gasteiger partial charge in [0.2, 0.25) is 0 Å². The SMILES string of the molecule is CCCC(C)(O)c1ccccc1C1CCC1. The molecule has 0 saturated heterocycles. The number of hydrogen-bond donors (Lipinski definition) is 1. The fraction of sp³-hybridized carbons (Fsp3) is 0.600. The highest BCUT2D eigenvalue weighted by Crippen LogP contribution is 2.41. The van der Waals surface area contributed by atoms with Crippen LogP contribution in [0.3, 0.4) is 0 Å². The maximum absolute atomic E-state index is 10.5. The first-order valence-electron chi connectivity index (χ1n) is 6.47. The zero-order valence-corrected chi connectivity index (χ0v) is 10.4. The third-order valence-corrected chi connectivity index (χ3v) is 3.82. The Bertz CT molecular complexity index is 350. The maximum Gasteiger partial charge on any atom is 0.0871 e. The second-order valence-electron chi connectivity index (χ2n) is 5.24. The fourth-order valence-electron chi connectivity index (χ4n) is 2.68. The molecule has 0 bridgehead atoms. The molecule has 0 amide bonds. The molecule has 1 fully saturated rings. The fourth-order valence-corrected chi connectivity index (χ4v) is 2.68. The average molecular weight is 218 g/mol. The van der Waals surface area contributed by atoms with E-state index >= 15 is 0 Å². The van der Waals surface area contributed by atoms with Crippen molar-refractivity contribution in [2.24, 2.45) is 0 Å². The van der Waals surface area contributed by atoms with E-state index in [9.17, 15) is 5.11 Å². The summed E-state index contributed by atoms with van der Waals surface area (Å²) in [6.45, 7) is 4.08. The Morgan fingerprint density at radius 1 is 1.31 bits per heavy atom. The van der Waals surface area contributed by atoms with Gasteiger partial charge in [0, 0.05) is 0 Å². The zero-order chi connectivity index (χ0) is 11.6. The van der Waals surface area contributed by atoms with Crippen LogP contribution in [0.2, 0.25) is 0 Å². The smallest absolute Gasteiger partial charge is 0.0871 e. The molecule has 88 valence electrons. The standard InChI is InChI=1S/C15H22O/c1-3-11-15(2,16)14-10-5-4-9-13(14)12-7-6-8-12/h4-5,9-10,12,16H,3,6-8,11H2,1-2H3. The van der Waals surface area contributed by atoms with Crippen LogP contribution in [0, 0.1) is 0 Å². The van der Waals surface area contributed by atoms with E-state index in [1.807, 2.05) is 13.0 Å². The first-order chi connectivity index (χ1) is 7.65. The molecule has 0 aliphatic heterocycles. The minimum absolute atomic E-state index is 0.652. The topological polar surface area (TPSA) is 20.2 Å². The Balaban J connectivity index is 2.31. The predicted octanol–water partition coefficient (Wildman–Crippen LogP) is 3.96. The molecule has 1 heteroatoms. The van der Waals surface area contributed by atoms with Gasteiger partial charge in [-0.1, -0.05) is 44.0 Å². The Morgan fingerprint density at radius 3 is 2.56 bits per heavy atom. The lowest BCUT2D eigenvalue weighted by Crippen LogP contribution is -2.24. The van der Waals surface area contributed by atoms with E-state index in [-0.39, 0.29) is 0 Å². The van der Waals surface area contributed by atoms with Gasteiger partial charge < -0.3 is 5.11 Å². The van der Waals surface area contributed by atoms with E-state index in [0.717, 1.165) is 18.4 Å². The highest BCUT2D eigenvalue weighted by molar-refractivity contribution is 5.35. The monoisotopic (exact) mass is 218 g/mol. The van der Waals surface area contributed by atoms with Crippen LogP contribution in [0.5, 0.6) is 0 Å². The van der Waals surface area contributed by atoms with Gasteiger partial charge in [-0.2, -0.15) is 0 Å². The maximum atomic E-state index is 10.5. The van der Waals surface area contributed by atoms with Crippen LogP contribution in [0.15, 0.2) is 24.3 Å². The number of aliphatic hydroxyl groups is 1. The lowest BCUT2D eigenvalue weighted by molar-refractivity contribution is 0.0452. The molecule has 0 aromatic heterocycles. The number of benzene rings is 1. The first kappa shape index (κ1) is 11.7. The molecule has 1 nitrogen and oxygen atoms in total. The minimum Gasteiger partial charge on any atom is -0.385 e. The molecule has 1 N–H and O–H groups in total. The van der Waals surface area contributed by atoms with Gasteiger partial charge in [-0.25, -0.2) is 0 Å². The summed E-state index contributed by atoms with van der Waals surface area (Å²) in [5, 5.41) is 10.5. The number of hydrogen-bond acceptors (Lipinski definition) is 1. The molecule has 0 spiro atoms. The van der Waals surface area contributed by atoms with Crippen molar-refractivity contribution in [2.75, 3.05) is 0 Å². The molecular weight excluding hydrogens is 196 g/mol. The molecular formula is C15H22O. The molecule has 2 rings (SSSR count). The molecule has 1 atom stereocenters. The summed E-state index contributed by atoms with van der Waals surface area (Å²) < 4.78 is 0. The van der Waals surface area contributed by atoms with Crippen LogP contribution >= 0.6 is 0 Å². The lowest BCUT2D eigenvalue weighted by atomic mass is 9.75. The molecule has 16 heavy (non-hydrogen) atoms. The van der Waals surface area contributed by atoms with Crippen molar-refractivity contribution in [2.45, 2.75) is 57.5 Å². The summed E-state index contributed by atoms with van der Waals surface area (Å²) in [5.41, 5.74) is 1.88. The van der Waals surface area contributed by atoms with E-state index in [4.69, 9.17) is 0 Å². The van der Waals surface area contributed by atoms with Gasteiger partial charge >= 0.3 is 0 Å². The largest absolute Gasteiger partial charge is 0.385 e. The summed E-state index contributed by atoms with van der Waals surface area (Å²) in [5.74, 6) is 0.694. The Hall–Kier alpha value is -0.820. The molecule has 0 radical (unpaired) electrons. The second kappa shape index (κ2) is 4.58. The van der Waals surface area contributed by atoms with Gasteiger partial charge in [0.25, 0.3) is 0 Å². The molecule has 1 aromatic rings. The zero-order valence-electron chi connectivity index (χ0n) is 10.4. The van der Waals surface area contributed by atoms with Crippen LogP contribution in [-0.4, -0.2) is 5.11 Å². The lowest BCUT2D eigenvalue weighted by Gasteiger charge is -2.33. The van der Waals surface area contributed by atoms with Crippen molar-refractivity contribution in [3.63, 3.8) is 0 Å². The molecule has 0 heterocycles. The van der Waals surface area contributed by atoms with Crippen LogP contribution < -0.4 is 0 Å². The van der Waals surface area contributed by atoms with Crippen molar-refractivity contribution in [1.29, 1.82) is 0 Å². The minimum atomic E-state index is -0.652. The summed E-state index contributed by atoms with van der Waals surface area (Å²) in [7, 11) is 0. The van der Waals surface area contributed by atoms with Crippen LogP contribution in [0.25, 0.3) is 0 Å². The Morgan fingerprint density at radius 2 is 2.00 bits per heavy atom. The van der Waals surface area contributed by atoms with Crippen molar-refractivity contribution < 1.29 is 5.11 Å². The Labute approximate surface area is 98.5 Å². The first-order valence-corrected chi connectivity index (χ1v) is 6.47.